The van der Waals surface area contributed by atoms with Crippen LogP contribution in [0, 0.1) is 0 Å². The molecule has 7 heteroatoms. The molecule has 2 aromatic rings. The van der Waals surface area contributed by atoms with E-state index < -0.39 is 21.5 Å². The number of carbonyl (C=O) groups is 2. The number of hydrogen-bond acceptors (Lipinski definition) is 2. The van der Waals surface area contributed by atoms with Crippen molar-refractivity contribution < 1.29 is 9.59 Å². The Bertz CT molecular complexity index is 743. The van der Waals surface area contributed by atoms with Crippen molar-refractivity contribution in [3.8, 4) is 0 Å². The van der Waals surface area contributed by atoms with Crippen LogP contribution < -0.4 is 4.90 Å². The molecule has 2 aromatic carbocycles. The molecular weight excluding hydrogens is 380 g/mol. The highest BCUT2D eigenvalue weighted by atomic mass is 35.5. The van der Waals surface area contributed by atoms with E-state index in [4.69, 9.17) is 46.4 Å². The monoisotopic (exact) mass is 387 g/mol. The largest absolute Gasteiger partial charge is 0.268 e. The molecule has 1 aliphatic rings. The Balaban J connectivity index is 2.24. The molecule has 0 spiro atoms. The fourth-order valence-electron chi connectivity index (χ4n) is 2.58. The Morgan fingerprint density at radius 2 is 1.13 bits per heavy atom. The van der Waals surface area contributed by atoms with Crippen molar-refractivity contribution >= 4 is 63.9 Å². The van der Waals surface area contributed by atoms with Gasteiger partial charge in [-0.25, -0.2) is 4.90 Å². The van der Waals surface area contributed by atoms with E-state index in [-0.39, 0.29) is 5.69 Å². The number of imide groups is 1. The molecule has 3 rings (SSSR count). The number of hydrogen-bond donors (Lipinski definition) is 0. The van der Waals surface area contributed by atoms with Crippen LogP contribution in [0.5, 0.6) is 0 Å². The van der Waals surface area contributed by atoms with E-state index >= 15 is 0 Å². The van der Waals surface area contributed by atoms with E-state index in [1.807, 2.05) is 0 Å². The maximum absolute atomic E-state index is 12.7. The average Bonchev–Trinajstić information content (AvgIpc) is 2.78. The summed E-state index contributed by atoms with van der Waals surface area (Å²) >= 11 is 24.0. The molecule has 2 amide bonds. The van der Waals surface area contributed by atoms with Crippen LogP contribution in [0.3, 0.4) is 0 Å². The van der Waals surface area contributed by atoms with Gasteiger partial charge >= 0.3 is 0 Å². The fourth-order valence-corrected chi connectivity index (χ4v) is 3.29. The van der Waals surface area contributed by atoms with E-state index in [1.165, 1.54) is 0 Å². The quantitative estimate of drug-likeness (QED) is 0.518. The first-order valence-corrected chi connectivity index (χ1v) is 8.35. The minimum absolute atomic E-state index is 0.240. The molecule has 0 radical (unpaired) electrons. The first-order valence-electron chi connectivity index (χ1n) is 6.60. The van der Waals surface area contributed by atoms with Crippen molar-refractivity contribution in [2.45, 2.75) is 9.67 Å². The summed E-state index contributed by atoms with van der Waals surface area (Å²) in [6.07, 6.45) is 0. The maximum atomic E-state index is 12.7. The summed E-state index contributed by atoms with van der Waals surface area (Å²) in [6, 6.07) is 11.5. The summed E-state index contributed by atoms with van der Waals surface area (Å²) in [5, 5.41) is 0. The van der Waals surface area contributed by atoms with Gasteiger partial charge in [-0.15, -0.1) is 0 Å². The highest BCUT2D eigenvalue weighted by Crippen LogP contribution is 2.43. The molecule has 3 nitrogen and oxygen atoms in total. The van der Waals surface area contributed by atoms with E-state index in [1.54, 1.807) is 42.5 Å². The highest BCUT2D eigenvalue weighted by Gasteiger charge is 2.39. The standard InChI is InChI=1S/C16H9Cl4NO2/c17-13(18)10-6-3-7-11(14(19)20)12(10)21-15(22)8-4-1-2-5-9(8)16(21)23/h1-7,13-14H. The second kappa shape index (κ2) is 6.33. The number of fused-ring (bicyclic) bond motifs is 1. The minimum Gasteiger partial charge on any atom is -0.268 e. The van der Waals surface area contributed by atoms with Gasteiger partial charge in [-0.2, -0.15) is 0 Å². The summed E-state index contributed by atoms with van der Waals surface area (Å²) in [5.41, 5.74) is 1.67. The number of rotatable bonds is 3. The number of amides is 2. The summed E-state index contributed by atoms with van der Waals surface area (Å²) in [4.78, 5) is 24.5. The predicted octanol–water partition coefficient (Wildman–Crippen LogP) is 5.44. The molecule has 0 atom stereocenters. The molecule has 0 bridgehead atoms. The van der Waals surface area contributed by atoms with Gasteiger partial charge in [0.2, 0.25) is 0 Å². The lowest BCUT2D eigenvalue weighted by Crippen LogP contribution is -2.31. The van der Waals surface area contributed by atoms with Gasteiger partial charge in [-0.05, 0) is 12.1 Å². The van der Waals surface area contributed by atoms with Crippen LogP contribution >= 0.6 is 46.4 Å². The Hall–Kier alpha value is -1.26. The van der Waals surface area contributed by atoms with Crippen LogP contribution in [0.1, 0.15) is 41.5 Å². The summed E-state index contributed by atoms with van der Waals surface area (Å²) in [5.74, 6) is -0.912. The number of anilines is 1. The zero-order valence-electron chi connectivity index (χ0n) is 11.5. The van der Waals surface area contributed by atoms with Gasteiger partial charge in [0.1, 0.15) is 9.67 Å². The van der Waals surface area contributed by atoms with Gasteiger partial charge in [0, 0.05) is 11.1 Å². The van der Waals surface area contributed by atoms with Crippen LogP contribution in [0.15, 0.2) is 42.5 Å². The number of para-hydroxylation sites is 1. The molecule has 1 aliphatic heterocycles. The maximum Gasteiger partial charge on any atom is 0.266 e. The van der Waals surface area contributed by atoms with E-state index in [0.29, 0.717) is 22.3 Å². The lowest BCUT2D eigenvalue weighted by atomic mass is 10.1. The van der Waals surface area contributed by atoms with E-state index in [9.17, 15) is 9.59 Å². The van der Waals surface area contributed by atoms with Gasteiger partial charge in [0.25, 0.3) is 11.8 Å². The minimum atomic E-state index is -0.943. The first-order chi connectivity index (χ1) is 10.9. The molecular formula is C16H9Cl4NO2. The molecule has 0 aromatic heterocycles. The topological polar surface area (TPSA) is 37.4 Å². The Labute approximate surface area is 152 Å². The van der Waals surface area contributed by atoms with E-state index in [2.05, 4.69) is 0 Å². The zero-order chi connectivity index (χ0) is 16.7. The SMILES string of the molecule is O=C1c2ccccc2C(=O)N1c1c(C(Cl)Cl)cccc1C(Cl)Cl. The van der Waals surface area contributed by atoms with Crippen molar-refractivity contribution in [2.24, 2.45) is 0 Å². The number of nitrogens with zero attached hydrogens (tertiary/aromatic N) is 1. The molecule has 23 heavy (non-hydrogen) atoms. The first kappa shape index (κ1) is 16.6. The third kappa shape index (κ3) is 2.72. The van der Waals surface area contributed by atoms with Crippen LogP contribution in [-0.2, 0) is 0 Å². The number of carbonyl (C=O) groups excluding carboxylic acids is 2. The lowest BCUT2D eigenvalue weighted by Gasteiger charge is -2.23. The van der Waals surface area contributed by atoms with Gasteiger partial charge in [-0.3, -0.25) is 9.59 Å². The molecule has 1 heterocycles. The molecule has 0 fully saturated rings. The third-order valence-corrected chi connectivity index (χ3v) is 4.53. The predicted molar refractivity (Wildman–Crippen MR) is 92.9 cm³/mol. The lowest BCUT2D eigenvalue weighted by molar-refractivity contribution is 0.0925. The molecule has 0 aliphatic carbocycles. The third-order valence-electron chi connectivity index (χ3n) is 3.59. The Morgan fingerprint density at radius 3 is 1.52 bits per heavy atom. The van der Waals surface area contributed by atoms with Crippen molar-refractivity contribution in [1.82, 2.24) is 0 Å². The number of alkyl halides is 4. The number of benzene rings is 2. The average molecular weight is 389 g/mol. The Morgan fingerprint density at radius 1 is 0.696 bits per heavy atom. The van der Waals surface area contributed by atoms with Crippen LogP contribution in [0.25, 0.3) is 0 Å². The smallest absolute Gasteiger partial charge is 0.266 e. The van der Waals surface area contributed by atoms with Gasteiger partial charge in [-0.1, -0.05) is 76.7 Å². The second-order valence-corrected chi connectivity index (χ2v) is 7.07. The number of halogens is 4. The van der Waals surface area contributed by atoms with Crippen molar-refractivity contribution in [3.05, 3.63) is 64.7 Å². The van der Waals surface area contributed by atoms with Gasteiger partial charge in [0.05, 0.1) is 16.8 Å². The van der Waals surface area contributed by atoms with Gasteiger partial charge in [0.15, 0.2) is 0 Å². The van der Waals surface area contributed by atoms with Crippen LogP contribution in [0.2, 0.25) is 0 Å². The van der Waals surface area contributed by atoms with Crippen LogP contribution in [-0.4, -0.2) is 11.8 Å². The highest BCUT2D eigenvalue weighted by molar-refractivity contribution is 6.46. The van der Waals surface area contributed by atoms with Crippen molar-refractivity contribution in [1.29, 1.82) is 0 Å². The Kier molecular flexibility index (Phi) is 4.56. The molecule has 118 valence electrons. The van der Waals surface area contributed by atoms with Crippen molar-refractivity contribution in [3.63, 3.8) is 0 Å². The molecule has 0 unspecified atom stereocenters. The fraction of sp³-hybridized carbons (Fsp3) is 0.125. The zero-order valence-corrected chi connectivity index (χ0v) is 14.5. The molecule has 0 N–H and O–H groups in total. The summed E-state index contributed by atoms with van der Waals surface area (Å²) < 4.78 is 0. The van der Waals surface area contributed by atoms with E-state index in [0.717, 1.165) is 4.90 Å². The molecule has 0 saturated carbocycles. The normalized spacial score (nSPS) is 14.1. The van der Waals surface area contributed by atoms with Crippen molar-refractivity contribution in [2.75, 3.05) is 4.90 Å². The van der Waals surface area contributed by atoms with Gasteiger partial charge < -0.3 is 0 Å². The summed E-state index contributed by atoms with van der Waals surface area (Å²) in [6.45, 7) is 0. The summed E-state index contributed by atoms with van der Waals surface area (Å²) in [7, 11) is 0. The molecule has 0 saturated heterocycles. The van der Waals surface area contributed by atoms with Crippen LogP contribution in [0.4, 0.5) is 5.69 Å². The second-order valence-electron chi connectivity index (χ2n) is 4.88.